The molecule has 0 aliphatic heterocycles. The van der Waals surface area contributed by atoms with Crippen LogP contribution in [-0.4, -0.2) is 22.4 Å². The van der Waals surface area contributed by atoms with Crippen LogP contribution in [0.15, 0.2) is 48.0 Å². The lowest BCUT2D eigenvalue weighted by atomic mass is 9.93. The van der Waals surface area contributed by atoms with E-state index in [-0.39, 0.29) is 11.9 Å². The lowest BCUT2D eigenvalue weighted by Gasteiger charge is -2.22. The zero-order chi connectivity index (χ0) is 20.2. The molecule has 1 aromatic carbocycles. The first kappa shape index (κ1) is 19.6. The summed E-state index contributed by atoms with van der Waals surface area (Å²) in [7, 11) is 0. The Morgan fingerprint density at radius 2 is 2.00 bits per heavy atom. The van der Waals surface area contributed by atoms with E-state index in [2.05, 4.69) is 39.7 Å². The third kappa shape index (κ3) is 4.17. The summed E-state index contributed by atoms with van der Waals surface area (Å²) >= 11 is 1.57. The van der Waals surface area contributed by atoms with E-state index in [1.54, 1.807) is 28.5 Å². The first-order valence-electron chi connectivity index (χ1n) is 10.2. The van der Waals surface area contributed by atoms with Gasteiger partial charge in [0, 0.05) is 12.7 Å². The van der Waals surface area contributed by atoms with Gasteiger partial charge in [-0.1, -0.05) is 30.3 Å². The SMILES string of the molecule is CCN(C(=O)c1scc2c1CCCC2)c1ccnc(N[C@@H](C)c2ccccc2)n1. The number of hydrogen-bond donors (Lipinski definition) is 1. The molecule has 6 heteroatoms. The summed E-state index contributed by atoms with van der Waals surface area (Å²) in [6, 6.07) is 12.1. The van der Waals surface area contributed by atoms with E-state index in [1.165, 1.54) is 17.5 Å². The number of carbonyl (C=O) groups is 1. The van der Waals surface area contributed by atoms with E-state index in [4.69, 9.17) is 0 Å². The second-order valence-electron chi connectivity index (χ2n) is 7.34. The lowest BCUT2D eigenvalue weighted by molar-refractivity contribution is 0.0990. The number of nitrogens with zero attached hydrogens (tertiary/aromatic N) is 3. The number of anilines is 2. The van der Waals surface area contributed by atoms with Crippen LogP contribution in [0.2, 0.25) is 0 Å². The summed E-state index contributed by atoms with van der Waals surface area (Å²) < 4.78 is 0. The van der Waals surface area contributed by atoms with Crippen molar-refractivity contribution in [3.63, 3.8) is 0 Å². The Morgan fingerprint density at radius 1 is 1.21 bits per heavy atom. The van der Waals surface area contributed by atoms with Crippen molar-refractivity contribution < 1.29 is 4.79 Å². The van der Waals surface area contributed by atoms with Gasteiger partial charge < -0.3 is 5.32 Å². The average molecular weight is 407 g/mol. The van der Waals surface area contributed by atoms with E-state index in [9.17, 15) is 4.79 Å². The molecule has 0 fully saturated rings. The third-order valence-electron chi connectivity index (χ3n) is 5.42. The first-order chi connectivity index (χ1) is 14.2. The molecule has 0 unspecified atom stereocenters. The number of aromatic nitrogens is 2. The summed E-state index contributed by atoms with van der Waals surface area (Å²) in [5.74, 6) is 1.20. The molecule has 0 saturated heterocycles. The molecule has 1 amide bonds. The van der Waals surface area contributed by atoms with E-state index in [1.807, 2.05) is 25.1 Å². The van der Waals surface area contributed by atoms with Crippen LogP contribution in [0.3, 0.4) is 0 Å². The number of fused-ring (bicyclic) bond motifs is 1. The van der Waals surface area contributed by atoms with Gasteiger partial charge >= 0.3 is 0 Å². The van der Waals surface area contributed by atoms with Crippen LogP contribution >= 0.6 is 11.3 Å². The summed E-state index contributed by atoms with van der Waals surface area (Å²) in [4.78, 5) is 24.9. The van der Waals surface area contributed by atoms with Gasteiger partial charge in [0.05, 0.1) is 10.9 Å². The standard InChI is InChI=1S/C23H26N4OS/c1-3-27(22(28)21-19-12-8-7-11-18(19)15-29-21)20-13-14-24-23(26-20)25-16(2)17-9-5-4-6-10-17/h4-6,9-10,13-16H,3,7-8,11-12H2,1-2H3,(H,24,25,26)/t16-/m0/s1. The topological polar surface area (TPSA) is 58.1 Å². The summed E-state index contributed by atoms with van der Waals surface area (Å²) in [5, 5.41) is 5.50. The van der Waals surface area contributed by atoms with Crippen LogP contribution in [0.25, 0.3) is 0 Å². The Balaban J connectivity index is 1.56. The maximum atomic E-state index is 13.3. The highest BCUT2D eigenvalue weighted by molar-refractivity contribution is 7.12. The minimum absolute atomic E-state index is 0.0430. The van der Waals surface area contributed by atoms with Gasteiger partial charge in [-0.2, -0.15) is 4.98 Å². The molecule has 0 bridgehead atoms. The van der Waals surface area contributed by atoms with Crippen LogP contribution < -0.4 is 10.2 Å². The number of thiophene rings is 1. The Kier molecular flexibility index (Phi) is 5.90. The number of amides is 1. The Hall–Kier alpha value is -2.73. The number of benzene rings is 1. The molecule has 1 aliphatic rings. The normalized spacial score (nSPS) is 14.1. The monoisotopic (exact) mass is 406 g/mol. The zero-order valence-corrected chi connectivity index (χ0v) is 17.7. The van der Waals surface area contributed by atoms with Gasteiger partial charge in [0.15, 0.2) is 0 Å². The van der Waals surface area contributed by atoms with E-state index in [0.29, 0.717) is 18.3 Å². The smallest absolute Gasteiger partial charge is 0.269 e. The van der Waals surface area contributed by atoms with Crippen molar-refractivity contribution in [2.45, 2.75) is 45.6 Å². The van der Waals surface area contributed by atoms with Gasteiger partial charge in [-0.25, -0.2) is 4.98 Å². The second-order valence-corrected chi connectivity index (χ2v) is 8.22. The van der Waals surface area contributed by atoms with Gasteiger partial charge in [0.1, 0.15) is 5.82 Å². The predicted octanol–water partition coefficient (Wildman–Crippen LogP) is 5.26. The molecule has 0 spiro atoms. The molecule has 150 valence electrons. The van der Waals surface area contributed by atoms with Gasteiger partial charge in [-0.05, 0) is 67.7 Å². The average Bonchev–Trinajstić information content (AvgIpc) is 3.19. The zero-order valence-electron chi connectivity index (χ0n) is 16.9. The highest BCUT2D eigenvalue weighted by Crippen LogP contribution is 2.31. The molecule has 29 heavy (non-hydrogen) atoms. The number of hydrogen-bond acceptors (Lipinski definition) is 5. The predicted molar refractivity (Wildman–Crippen MR) is 119 cm³/mol. The summed E-state index contributed by atoms with van der Waals surface area (Å²) in [5.41, 5.74) is 3.76. The molecule has 1 atom stereocenters. The van der Waals surface area contributed by atoms with Crippen molar-refractivity contribution in [2.24, 2.45) is 0 Å². The fourth-order valence-corrected chi connectivity index (χ4v) is 4.93. The van der Waals surface area contributed by atoms with Gasteiger partial charge in [0.25, 0.3) is 5.91 Å². The van der Waals surface area contributed by atoms with E-state index in [0.717, 1.165) is 29.7 Å². The van der Waals surface area contributed by atoms with Crippen molar-refractivity contribution >= 4 is 29.0 Å². The van der Waals surface area contributed by atoms with Crippen molar-refractivity contribution in [3.05, 3.63) is 69.5 Å². The molecule has 3 aromatic rings. The van der Waals surface area contributed by atoms with E-state index < -0.39 is 0 Å². The molecule has 2 aromatic heterocycles. The minimum atomic E-state index is 0.0430. The molecule has 1 aliphatic carbocycles. The number of carbonyl (C=O) groups excluding carboxylic acids is 1. The first-order valence-corrected chi connectivity index (χ1v) is 11.1. The van der Waals surface area contributed by atoms with Crippen LogP contribution in [0.4, 0.5) is 11.8 Å². The molecule has 0 saturated carbocycles. The van der Waals surface area contributed by atoms with Crippen LogP contribution in [-0.2, 0) is 12.8 Å². The fourth-order valence-electron chi connectivity index (χ4n) is 3.82. The quantitative estimate of drug-likeness (QED) is 0.607. The number of nitrogens with one attached hydrogen (secondary N) is 1. The summed E-state index contributed by atoms with van der Waals surface area (Å²) in [6.07, 6.45) is 6.18. The number of aryl methyl sites for hydroxylation is 1. The maximum absolute atomic E-state index is 13.3. The molecule has 4 rings (SSSR count). The molecule has 1 N–H and O–H groups in total. The lowest BCUT2D eigenvalue weighted by Crippen LogP contribution is -2.32. The molecular formula is C23H26N4OS. The highest BCUT2D eigenvalue weighted by atomic mass is 32.1. The molecule has 0 radical (unpaired) electrons. The van der Waals surface area contributed by atoms with Crippen molar-refractivity contribution in [1.29, 1.82) is 0 Å². The number of rotatable bonds is 6. The molecular weight excluding hydrogens is 380 g/mol. The maximum Gasteiger partial charge on any atom is 0.269 e. The van der Waals surface area contributed by atoms with Gasteiger partial charge in [0.2, 0.25) is 5.95 Å². The minimum Gasteiger partial charge on any atom is -0.348 e. The van der Waals surface area contributed by atoms with E-state index >= 15 is 0 Å². The molecule has 2 heterocycles. The highest BCUT2D eigenvalue weighted by Gasteiger charge is 2.25. The largest absolute Gasteiger partial charge is 0.348 e. The Bertz CT molecular complexity index is 986. The van der Waals surface area contributed by atoms with Gasteiger partial charge in [-0.3, -0.25) is 9.69 Å². The molecule has 5 nitrogen and oxygen atoms in total. The van der Waals surface area contributed by atoms with Gasteiger partial charge in [-0.15, -0.1) is 11.3 Å². The van der Waals surface area contributed by atoms with Crippen LogP contribution in [0.5, 0.6) is 0 Å². The summed E-state index contributed by atoms with van der Waals surface area (Å²) in [6.45, 7) is 4.63. The Morgan fingerprint density at radius 3 is 2.79 bits per heavy atom. The van der Waals surface area contributed by atoms with Crippen LogP contribution in [0, 0.1) is 0 Å². The van der Waals surface area contributed by atoms with Crippen LogP contribution in [0.1, 0.15) is 59.1 Å². The fraction of sp³-hybridized carbons (Fsp3) is 0.348. The third-order valence-corrected chi connectivity index (χ3v) is 6.48. The van der Waals surface area contributed by atoms with Crippen molar-refractivity contribution in [1.82, 2.24) is 9.97 Å². The van der Waals surface area contributed by atoms with Crippen molar-refractivity contribution in [3.8, 4) is 0 Å². The second kappa shape index (κ2) is 8.74. The van der Waals surface area contributed by atoms with Crippen molar-refractivity contribution in [2.75, 3.05) is 16.8 Å². The Labute approximate surface area is 175 Å².